The number of likely N-dealkylation sites (tertiary alicyclic amines) is 1. The predicted octanol–water partition coefficient (Wildman–Crippen LogP) is 0.915. The summed E-state index contributed by atoms with van der Waals surface area (Å²) in [6.45, 7) is 2.62. The van der Waals surface area contributed by atoms with Crippen LogP contribution in [0.4, 0.5) is 13.2 Å². The van der Waals surface area contributed by atoms with Crippen LogP contribution in [0.2, 0.25) is 0 Å². The van der Waals surface area contributed by atoms with Crippen molar-refractivity contribution in [3.8, 4) is 0 Å². The quantitative estimate of drug-likeness (QED) is 0.733. The molecule has 1 heterocycles. The second-order valence-electron chi connectivity index (χ2n) is 5.81. The summed E-state index contributed by atoms with van der Waals surface area (Å²) in [6, 6.07) is 0.300. The molecular weight excluding hydrogens is 271 g/mol. The molecule has 20 heavy (non-hydrogen) atoms. The van der Waals surface area contributed by atoms with Gasteiger partial charge in [-0.05, 0) is 40.0 Å². The zero-order chi connectivity index (χ0) is 15.2. The Morgan fingerprint density at radius 1 is 1.30 bits per heavy atom. The van der Waals surface area contributed by atoms with Gasteiger partial charge in [0.15, 0.2) is 0 Å². The summed E-state index contributed by atoms with van der Waals surface area (Å²) in [6.07, 6.45) is -3.52. The molecule has 0 radical (unpaired) electrons. The molecule has 0 aromatic heterocycles. The maximum Gasteiger partial charge on any atom is 0.390 e. The number of halogens is 3. The molecule has 4 nitrogen and oxygen atoms in total. The van der Waals surface area contributed by atoms with Gasteiger partial charge in [-0.1, -0.05) is 0 Å². The van der Waals surface area contributed by atoms with Crippen LogP contribution in [0.15, 0.2) is 0 Å². The molecule has 2 N–H and O–H groups in total. The summed E-state index contributed by atoms with van der Waals surface area (Å²) < 4.78 is 36.4. The van der Waals surface area contributed by atoms with E-state index in [0.717, 1.165) is 12.8 Å². The third-order valence-corrected chi connectivity index (χ3v) is 3.52. The molecule has 0 aliphatic carbocycles. The highest BCUT2D eigenvalue weighted by atomic mass is 19.4. The number of nitrogens with zero attached hydrogens (tertiary/aromatic N) is 2. The first-order valence-corrected chi connectivity index (χ1v) is 7.11. The molecule has 0 aromatic rings. The molecule has 0 bridgehead atoms. The van der Waals surface area contributed by atoms with Gasteiger partial charge < -0.3 is 20.2 Å². The third-order valence-electron chi connectivity index (χ3n) is 3.52. The summed E-state index contributed by atoms with van der Waals surface area (Å²) in [5.41, 5.74) is 0. The number of aliphatic hydroxyl groups is 1. The van der Waals surface area contributed by atoms with E-state index in [4.69, 9.17) is 0 Å². The SMILES string of the molecule is CN(C)CC(O)CNC1CCN(CCC(F)(F)F)CC1. The van der Waals surface area contributed by atoms with E-state index in [0.29, 0.717) is 32.2 Å². The minimum absolute atomic E-state index is 0.0967. The molecule has 1 saturated heterocycles. The Labute approximate surface area is 118 Å². The standard InChI is InChI=1S/C13H26F3N3O/c1-18(2)10-12(20)9-17-11-3-6-19(7-4-11)8-5-13(14,15)16/h11-12,17,20H,3-10H2,1-2H3. The molecule has 1 unspecified atom stereocenters. The van der Waals surface area contributed by atoms with E-state index in [-0.39, 0.29) is 6.54 Å². The molecule has 7 heteroatoms. The van der Waals surface area contributed by atoms with Crippen LogP contribution in [0.3, 0.4) is 0 Å². The van der Waals surface area contributed by atoms with E-state index in [9.17, 15) is 18.3 Å². The maximum atomic E-state index is 12.1. The third kappa shape index (κ3) is 8.04. The average molecular weight is 297 g/mol. The fraction of sp³-hybridized carbons (Fsp3) is 1.00. The molecule has 0 saturated carbocycles. The molecule has 1 fully saturated rings. The predicted molar refractivity (Wildman–Crippen MR) is 72.7 cm³/mol. The highest BCUT2D eigenvalue weighted by Gasteiger charge is 2.29. The first-order chi connectivity index (χ1) is 9.26. The van der Waals surface area contributed by atoms with Crippen LogP contribution >= 0.6 is 0 Å². The number of piperidine rings is 1. The molecule has 0 aromatic carbocycles. The van der Waals surface area contributed by atoms with Gasteiger partial charge in [0.05, 0.1) is 12.5 Å². The zero-order valence-corrected chi connectivity index (χ0v) is 12.3. The number of likely N-dealkylation sites (N-methyl/N-ethyl adjacent to an activating group) is 1. The molecule has 1 aliphatic heterocycles. The minimum Gasteiger partial charge on any atom is -0.390 e. The van der Waals surface area contributed by atoms with E-state index in [2.05, 4.69) is 5.32 Å². The second kappa shape index (κ2) is 8.17. The lowest BCUT2D eigenvalue weighted by Crippen LogP contribution is -2.46. The van der Waals surface area contributed by atoms with Crippen LogP contribution in [0.5, 0.6) is 0 Å². The fourth-order valence-corrected chi connectivity index (χ4v) is 2.43. The lowest BCUT2D eigenvalue weighted by Gasteiger charge is -2.33. The topological polar surface area (TPSA) is 38.7 Å². The van der Waals surface area contributed by atoms with Crippen molar-refractivity contribution in [2.24, 2.45) is 0 Å². The van der Waals surface area contributed by atoms with Crippen LogP contribution in [-0.4, -0.2) is 80.0 Å². The fourth-order valence-electron chi connectivity index (χ4n) is 2.43. The van der Waals surface area contributed by atoms with Crippen LogP contribution < -0.4 is 5.32 Å². The van der Waals surface area contributed by atoms with Crippen molar-refractivity contribution in [1.82, 2.24) is 15.1 Å². The molecule has 0 spiro atoms. The Bertz CT molecular complexity index is 266. The minimum atomic E-state index is -4.06. The zero-order valence-electron chi connectivity index (χ0n) is 12.3. The van der Waals surface area contributed by atoms with Gasteiger partial charge in [0.1, 0.15) is 0 Å². The van der Waals surface area contributed by atoms with Gasteiger partial charge in [-0.2, -0.15) is 13.2 Å². The van der Waals surface area contributed by atoms with E-state index in [1.165, 1.54) is 0 Å². The van der Waals surface area contributed by atoms with Gasteiger partial charge in [-0.15, -0.1) is 0 Å². The van der Waals surface area contributed by atoms with Crippen LogP contribution in [0.1, 0.15) is 19.3 Å². The summed E-state index contributed by atoms with van der Waals surface area (Å²) in [7, 11) is 3.81. The van der Waals surface area contributed by atoms with Crippen molar-refractivity contribution >= 4 is 0 Å². The second-order valence-corrected chi connectivity index (χ2v) is 5.81. The van der Waals surface area contributed by atoms with Crippen molar-refractivity contribution < 1.29 is 18.3 Å². The van der Waals surface area contributed by atoms with Crippen LogP contribution in [0.25, 0.3) is 0 Å². The average Bonchev–Trinajstić information content (AvgIpc) is 2.33. The monoisotopic (exact) mass is 297 g/mol. The van der Waals surface area contributed by atoms with Crippen LogP contribution in [0, 0.1) is 0 Å². The van der Waals surface area contributed by atoms with Gasteiger partial charge in [0.25, 0.3) is 0 Å². The van der Waals surface area contributed by atoms with Crippen molar-refractivity contribution in [1.29, 1.82) is 0 Å². The Morgan fingerprint density at radius 3 is 2.40 bits per heavy atom. The normalized spacial score (nSPS) is 20.6. The van der Waals surface area contributed by atoms with Gasteiger partial charge in [0.2, 0.25) is 0 Å². The van der Waals surface area contributed by atoms with Crippen molar-refractivity contribution in [2.45, 2.75) is 37.6 Å². The van der Waals surface area contributed by atoms with E-state index in [1.807, 2.05) is 23.9 Å². The van der Waals surface area contributed by atoms with Crippen molar-refractivity contribution in [2.75, 3.05) is 46.8 Å². The largest absolute Gasteiger partial charge is 0.390 e. The number of hydrogen-bond donors (Lipinski definition) is 2. The number of rotatable bonds is 7. The smallest absolute Gasteiger partial charge is 0.390 e. The lowest BCUT2D eigenvalue weighted by molar-refractivity contribution is -0.138. The highest BCUT2D eigenvalue weighted by Crippen LogP contribution is 2.21. The molecule has 1 atom stereocenters. The van der Waals surface area contributed by atoms with Gasteiger partial charge >= 0.3 is 6.18 Å². The number of alkyl halides is 3. The first-order valence-electron chi connectivity index (χ1n) is 7.11. The summed E-state index contributed by atoms with van der Waals surface area (Å²) >= 11 is 0. The number of nitrogens with one attached hydrogen (secondary N) is 1. The lowest BCUT2D eigenvalue weighted by atomic mass is 10.0. The summed E-state index contributed by atoms with van der Waals surface area (Å²) in [5, 5.41) is 13.0. The Morgan fingerprint density at radius 2 is 1.90 bits per heavy atom. The van der Waals surface area contributed by atoms with Crippen molar-refractivity contribution in [3.05, 3.63) is 0 Å². The molecular formula is C13H26F3N3O. The van der Waals surface area contributed by atoms with Gasteiger partial charge in [-0.3, -0.25) is 0 Å². The number of aliphatic hydroxyl groups excluding tert-OH is 1. The Balaban J connectivity index is 2.13. The summed E-state index contributed by atoms with van der Waals surface area (Å²) in [4.78, 5) is 3.79. The van der Waals surface area contributed by atoms with E-state index in [1.54, 1.807) is 0 Å². The van der Waals surface area contributed by atoms with Gasteiger partial charge in [0, 0.05) is 25.7 Å². The molecule has 0 amide bonds. The van der Waals surface area contributed by atoms with Crippen LogP contribution in [-0.2, 0) is 0 Å². The molecule has 1 rings (SSSR count). The van der Waals surface area contributed by atoms with Crippen molar-refractivity contribution in [3.63, 3.8) is 0 Å². The Kier molecular flexibility index (Phi) is 7.22. The number of hydrogen-bond acceptors (Lipinski definition) is 4. The van der Waals surface area contributed by atoms with E-state index < -0.39 is 18.7 Å². The summed E-state index contributed by atoms with van der Waals surface area (Å²) in [5.74, 6) is 0. The maximum absolute atomic E-state index is 12.1. The molecule has 120 valence electrons. The van der Waals surface area contributed by atoms with E-state index >= 15 is 0 Å². The highest BCUT2D eigenvalue weighted by molar-refractivity contribution is 4.78. The van der Waals surface area contributed by atoms with Gasteiger partial charge in [-0.25, -0.2) is 0 Å². The first kappa shape index (κ1) is 17.7. The molecule has 1 aliphatic rings. The Hall–Kier alpha value is -0.370.